The fraction of sp³-hybridized carbons (Fsp3) is 1.00. The van der Waals surface area contributed by atoms with Crippen LogP contribution >= 0.6 is 0 Å². The summed E-state index contributed by atoms with van der Waals surface area (Å²) in [7, 11) is 2.09. The van der Waals surface area contributed by atoms with Crippen molar-refractivity contribution in [2.75, 3.05) is 33.4 Å². The monoisotopic (exact) mass is 243 g/mol. The van der Waals surface area contributed by atoms with Crippen molar-refractivity contribution in [3.8, 4) is 0 Å². The van der Waals surface area contributed by atoms with Gasteiger partial charge in [-0.05, 0) is 52.6 Å². The summed E-state index contributed by atoms with van der Waals surface area (Å²) < 4.78 is 5.36. The average molecular weight is 243 g/mol. The minimum Gasteiger partial charge on any atom is -0.389 e. The van der Waals surface area contributed by atoms with Gasteiger partial charge >= 0.3 is 0 Å². The van der Waals surface area contributed by atoms with Gasteiger partial charge in [-0.1, -0.05) is 12.8 Å². The van der Waals surface area contributed by atoms with Crippen LogP contribution in [0.15, 0.2) is 0 Å². The van der Waals surface area contributed by atoms with E-state index in [0.29, 0.717) is 0 Å². The van der Waals surface area contributed by atoms with Crippen LogP contribution in [0.25, 0.3) is 0 Å². The van der Waals surface area contributed by atoms with Gasteiger partial charge in [-0.2, -0.15) is 0 Å². The number of nitrogens with zero attached hydrogens (tertiary/aromatic N) is 1. The lowest BCUT2D eigenvalue weighted by Gasteiger charge is -2.26. The summed E-state index contributed by atoms with van der Waals surface area (Å²) in [5.74, 6) is 0.892. The molecule has 3 nitrogen and oxygen atoms in total. The Hall–Kier alpha value is -0.120. The topological polar surface area (TPSA) is 32.7 Å². The third kappa shape index (κ3) is 7.74. The quantitative estimate of drug-likeness (QED) is 0.696. The van der Waals surface area contributed by atoms with E-state index in [-0.39, 0.29) is 0 Å². The molecule has 0 bridgehead atoms. The molecule has 0 unspecified atom stereocenters. The molecule has 1 heterocycles. The largest absolute Gasteiger partial charge is 0.389 e. The van der Waals surface area contributed by atoms with Crippen molar-refractivity contribution in [2.45, 2.75) is 51.6 Å². The van der Waals surface area contributed by atoms with Gasteiger partial charge in [0.15, 0.2) is 0 Å². The highest BCUT2D eigenvalue weighted by Crippen LogP contribution is 2.20. The highest BCUT2D eigenvalue weighted by atomic mass is 16.5. The predicted octanol–water partition coefficient (Wildman–Crippen LogP) is 2.29. The second kappa shape index (κ2) is 7.34. The number of aliphatic hydroxyl groups is 1. The number of hydrogen-bond donors (Lipinski definition) is 1. The molecule has 0 radical (unpaired) electrons. The van der Waals surface area contributed by atoms with Crippen LogP contribution in [0, 0.1) is 5.92 Å². The van der Waals surface area contributed by atoms with Crippen molar-refractivity contribution in [1.29, 1.82) is 0 Å². The molecule has 1 aliphatic heterocycles. The van der Waals surface area contributed by atoms with Gasteiger partial charge in [-0.3, -0.25) is 0 Å². The minimum absolute atomic E-state index is 0.574. The average Bonchev–Trinajstić information content (AvgIpc) is 2.23. The molecule has 1 fully saturated rings. The molecule has 0 amide bonds. The molecule has 0 aromatic carbocycles. The Bertz CT molecular complexity index is 195. The minimum atomic E-state index is -0.574. The maximum absolute atomic E-state index is 9.69. The van der Waals surface area contributed by atoms with Gasteiger partial charge in [0, 0.05) is 19.8 Å². The van der Waals surface area contributed by atoms with Gasteiger partial charge in [0.2, 0.25) is 0 Å². The van der Waals surface area contributed by atoms with E-state index in [4.69, 9.17) is 4.74 Å². The van der Waals surface area contributed by atoms with Crippen molar-refractivity contribution in [3.05, 3.63) is 0 Å². The lowest BCUT2D eigenvalue weighted by Crippen LogP contribution is -2.36. The van der Waals surface area contributed by atoms with E-state index in [1.54, 1.807) is 0 Å². The van der Waals surface area contributed by atoms with Gasteiger partial charge in [0.25, 0.3) is 0 Å². The zero-order chi connectivity index (χ0) is 12.7. The summed E-state index contributed by atoms with van der Waals surface area (Å²) in [6.45, 7) is 7.50. The standard InChI is InChI=1S/C14H29NO2/c1-14(2,16)12-15(3)9-5-4-6-13-7-10-17-11-8-13/h13,16H,4-12H2,1-3H3. The molecule has 102 valence electrons. The van der Waals surface area contributed by atoms with Crippen LogP contribution in [-0.2, 0) is 4.74 Å². The molecule has 0 saturated carbocycles. The summed E-state index contributed by atoms with van der Waals surface area (Å²) in [6, 6.07) is 0. The number of hydrogen-bond acceptors (Lipinski definition) is 3. The second-order valence-electron chi connectivity index (χ2n) is 6.10. The van der Waals surface area contributed by atoms with Crippen LogP contribution in [0.3, 0.4) is 0 Å². The Morgan fingerprint density at radius 3 is 2.47 bits per heavy atom. The maximum Gasteiger partial charge on any atom is 0.0718 e. The first-order chi connectivity index (χ1) is 7.97. The number of unbranched alkanes of at least 4 members (excludes halogenated alkanes) is 1. The highest BCUT2D eigenvalue weighted by molar-refractivity contribution is 4.70. The summed E-state index contributed by atoms with van der Waals surface area (Å²) in [5, 5.41) is 9.69. The predicted molar refractivity (Wildman–Crippen MR) is 71.2 cm³/mol. The van der Waals surface area contributed by atoms with Crippen LogP contribution in [0.5, 0.6) is 0 Å². The lowest BCUT2D eigenvalue weighted by molar-refractivity contribution is 0.0432. The van der Waals surface area contributed by atoms with Gasteiger partial charge in [-0.15, -0.1) is 0 Å². The van der Waals surface area contributed by atoms with Crippen molar-refractivity contribution in [1.82, 2.24) is 4.90 Å². The fourth-order valence-corrected chi connectivity index (χ4v) is 2.59. The Balaban J connectivity index is 1.99. The van der Waals surface area contributed by atoms with E-state index in [0.717, 1.165) is 32.2 Å². The SMILES string of the molecule is CN(CCCCC1CCOCC1)CC(C)(C)O. The summed E-state index contributed by atoms with van der Waals surface area (Å²) in [6.07, 6.45) is 6.39. The zero-order valence-corrected chi connectivity index (χ0v) is 11.7. The number of likely N-dealkylation sites (N-methyl/N-ethyl adjacent to an activating group) is 1. The van der Waals surface area contributed by atoms with E-state index in [2.05, 4.69) is 11.9 Å². The Morgan fingerprint density at radius 2 is 1.88 bits per heavy atom. The van der Waals surface area contributed by atoms with Crippen LogP contribution in [0.1, 0.15) is 46.0 Å². The molecule has 0 aliphatic carbocycles. The van der Waals surface area contributed by atoms with E-state index in [1.807, 2.05) is 13.8 Å². The summed E-state index contributed by atoms with van der Waals surface area (Å²) >= 11 is 0. The van der Waals surface area contributed by atoms with Crippen molar-refractivity contribution < 1.29 is 9.84 Å². The summed E-state index contributed by atoms with van der Waals surface area (Å²) in [4.78, 5) is 2.23. The van der Waals surface area contributed by atoms with Gasteiger partial charge in [0.1, 0.15) is 0 Å². The van der Waals surface area contributed by atoms with Crippen LogP contribution in [0.2, 0.25) is 0 Å². The van der Waals surface area contributed by atoms with E-state index in [1.165, 1.54) is 32.1 Å². The highest BCUT2D eigenvalue weighted by Gasteiger charge is 2.16. The maximum atomic E-state index is 9.69. The first kappa shape index (κ1) is 14.9. The second-order valence-corrected chi connectivity index (χ2v) is 6.10. The van der Waals surface area contributed by atoms with E-state index in [9.17, 15) is 5.11 Å². The summed E-state index contributed by atoms with van der Waals surface area (Å²) in [5.41, 5.74) is -0.574. The van der Waals surface area contributed by atoms with Gasteiger partial charge < -0.3 is 14.7 Å². The number of ether oxygens (including phenoxy) is 1. The Labute approximate surface area is 106 Å². The molecule has 0 atom stereocenters. The molecule has 3 heteroatoms. The molecule has 1 rings (SSSR count). The van der Waals surface area contributed by atoms with Crippen LogP contribution in [-0.4, -0.2) is 49.0 Å². The smallest absolute Gasteiger partial charge is 0.0718 e. The van der Waals surface area contributed by atoms with Crippen molar-refractivity contribution in [2.24, 2.45) is 5.92 Å². The normalized spacial score (nSPS) is 18.9. The number of rotatable bonds is 7. The van der Waals surface area contributed by atoms with Gasteiger partial charge in [0.05, 0.1) is 5.60 Å². The molecule has 0 aromatic rings. The van der Waals surface area contributed by atoms with E-state index >= 15 is 0 Å². The molecule has 1 N–H and O–H groups in total. The molecular formula is C14H29NO2. The van der Waals surface area contributed by atoms with Crippen molar-refractivity contribution >= 4 is 0 Å². The Kier molecular flexibility index (Phi) is 6.45. The molecular weight excluding hydrogens is 214 g/mol. The zero-order valence-electron chi connectivity index (χ0n) is 11.7. The van der Waals surface area contributed by atoms with Crippen LogP contribution < -0.4 is 0 Å². The first-order valence-corrected chi connectivity index (χ1v) is 6.96. The lowest BCUT2D eigenvalue weighted by atomic mass is 9.94. The Morgan fingerprint density at radius 1 is 1.24 bits per heavy atom. The van der Waals surface area contributed by atoms with Crippen molar-refractivity contribution in [3.63, 3.8) is 0 Å². The van der Waals surface area contributed by atoms with E-state index < -0.39 is 5.60 Å². The van der Waals surface area contributed by atoms with Crippen LogP contribution in [0.4, 0.5) is 0 Å². The third-order valence-corrected chi connectivity index (χ3v) is 3.40. The molecule has 17 heavy (non-hydrogen) atoms. The molecule has 0 spiro atoms. The first-order valence-electron chi connectivity index (χ1n) is 6.96. The molecule has 1 aliphatic rings. The van der Waals surface area contributed by atoms with Gasteiger partial charge in [-0.25, -0.2) is 0 Å². The molecule has 1 saturated heterocycles. The fourth-order valence-electron chi connectivity index (χ4n) is 2.59. The third-order valence-electron chi connectivity index (χ3n) is 3.40. The molecule has 0 aromatic heterocycles.